The Hall–Kier alpha value is -0.650. The van der Waals surface area contributed by atoms with Gasteiger partial charge in [0, 0.05) is 38.8 Å². The minimum Gasteiger partial charge on any atom is -0.379 e. The van der Waals surface area contributed by atoms with Gasteiger partial charge in [0.15, 0.2) is 0 Å². The molecule has 5 nitrogen and oxygen atoms in total. The van der Waals surface area contributed by atoms with Crippen LogP contribution in [0.15, 0.2) is 0 Å². The minimum atomic E-state index is 0.252. The Morgan fingerprint density at radius 3 is 2.72 bits per heavy atom. The number of hydrogen-bond donors (Lipinski definition) is 1. The van der Waals surface area contributed by atoms with Gasteiger partial charge in [-0.2, -0.15) is 0 Å². The van der Waals surface area contributed by atoms with Gasteiger partial charge in [-0.25, -0.2) is 0 Å². The van der Waals surface area contributed by atoms with E-state index in [0.717, 1.165) is 45.9 Å². The molecule has 1 saturated heterocycles. The highest BCUT2D eigenvalue weighted by Crippen LogP contribution is 2.26. The van der Waals surface area contributed by atoms with Crippen LogP contribution in [0.5, 0.6) is 0 Å². The second kappa shape index (κ2) is 7.07. The molecule has 18 heavy (non-hydrogen) atoms. The Kier molecular flexibility index (Phi) is 5.41. The molecule has 0 aromatic heterocycles. The molecule has 0 aromatic rings. The molecule has 1 aliphatic heterocycles. The van der Waals surface area contributed by atoms with Crippen molar-refractivity contribution < 1.29 is 9.53 Å². The van der Waals surface area contributed by atoms with E-state index in [9.17, 15) is 4.79 Å². The summed E-state index contributed by atoms with van der Waals surface area (Å²) in [5.41, 5.74) is 0. The van der Waals surface area contributed by atoms with E-state index in [2.05, 4.69) is 17.1 Å². The zero-order valence-electron chi connectivity index (χ0n) is 11.4. The number of amides is 1. The maximum atomic E-state index is 11.9. The second-order valence-electron chi connectivity index (χ2n) is 5.04. The molecular weight excluding hydrogens is 230 g/mol. The predicted octanol–water partition coefficient (Wildman–Crippen LogP) is -0.0809. The zero-order valence-corrected chi connectivity index (χ0v) is 11.4. The van der Waals surface area contributed by atoms with Gasteiger partial charge in [-0.05, 0) is 19.8 Å². The number of rotatable bonds is 7. The Balaban J connectivity index is 1.55. The predicted molar refractivity (Wildman–Crippen MR) is 70.5 cm³/mol. The number of nitrogens with zero attached hydrogens (tertiary/aromatic N) is 2. The lowest BCUT2D eigenvalue weighted by Gasteiger charge is -2.26. The van der Waals surface area contributed by atoms with E-state index in [1.807, 2.05) is 4.90 Å². The number of hydrogen-bond acceptors (Lipinski definition) is 4. The SMILES string of the molecule is CCN(C(=O)CNCCN1CCOCC1)C1CC1. The molecule has 1 heterocycles. The average molecular weight is 255 g/mol. The summed E-state index contributed by atoms with van der Waals surface area (Å²) >= 11 is 0. The maximum Gasteiger partial charge on any atom is 0.236 e. The fourth-order valence-corrected chi connectivity index (χ4v) is 2.38. The van der Waals surface area contributed by atoms with Gasteiger partial charge in [0.1, 0.15) is 0 Å². The van der Waals surface area contributed by atoms with Gasteiger partial charge in [-0.1, -0.05) is 0 Å². The first-order valence-corrected chi connectivity index (χ1v) is 7.11. The van der Waals surface area contributed by atoms with Crippen molar-refractivity contribution in [3.05, 3.63) is 0 Å². The van der Waals surface area contributed by atoms with Gasteiger partial charge in [-0.3, -0.25) is 9.69 Å². The van der Waals surface area contributed by atoms with E-state index in [4.69, 9.17) is 4.74 Å². The topological polar surface area (TPSA) is 44.8 Å². The molecule has 0 radical (unpaired) electrons. The van der Waals surface area contributed by atoms with Crippen LogP contribution >= 0.6 is 0 Å². The van der Waals surface area contributed by atoms with E-state index in [-0.39, 0.29) is 5.91 Å². The van der Waals surface area contributed by atoms with Crippen molar-refractivity contribution in [2.45, 2.75) is 25.8 Å². The molecule has 0 atom stereocenters. The van der Waals surface area contributed by atoms with E-state index in [0.29, 0.717) is 12.6 Å². The normalized spacial score (nSPS) is 20.9. The first kappa shape index (κ1) is 13.8. The van der Waals surface area contributed by atoms with Gasteiger partial charge < -0.3 is 15.0 Å². The second-order valence-corrected chi connectivity index (χ2v) is 5.04. The van der Waals surface area contributed by atoms with Crippen LogP contribution in [0.2, 0.25) is 0 Å². The fraction of sp³-hybridized carbons (Fsp3) is 0.923. The summed E-state index contributed by atoms with van der Waals surface area (Å²) in [5.74, 6) is 0.252. The van der Waals surface area contributed by atoms with Crippen LogP contribution in [0.25, 0.3) is 0 Å². The summed E-state index contributed by atoms with van der Waals surface area (Å²) < 4.78 is 5.30. The van der Waals surface area contributed by atoms with Crippen molar-refractivity contribution in [2.75, 3.05) is 52.5 Å². The summed E-state index contributed by atoms with van der Waals surface area (Å²) in [6.07, 6.45) is 2.38. The van der Waals surface area contributed by atoms with E-state index < -0.39 is 0 Å². The lowest BCUT2D eigenvalue weighted by molar-refractivity contribution is -0.130. The number of ether oxygens (including phenoxy) is 1. The van der Waals surface area contributed by atoms with E-state index >= 15 is 0 Å². The quantitative estimate of drug-likeness (QED) is 0.646. The lowest BCUT2D eigenvalue weighted by Crippen LogP contribution is -2.43. The lowest BCUT2D eigenvalue weighted by atomic mass is 10.4. The van der Waals surface area contributed by atoms with Gasteiger partial charge in [0.25, 0.3) is 0 Å². The number of likely N-dealkylation sites (N-methyl/N-ethyl adjacent to an activating group) is 1. The molecule has 2 fully saturated rings. The molecule has 0 bridgehead atoms. The smallest absolute Gasteiger partial charge is 0.236 e. The zero-order chi connectivity index (χ0) is 12.8. The first-order valence-electron chi connectivity index (χ1n) is 7.11. The molecular formula is C13H25N3O2. The maximum absolute atomic E-state index is 11.9. The number of morpholine rings is 1. The summed E-state index contributed by atoms with van der Waals surface area (Å²) in [7, 11) is 0. The number of nitrogens with one attached hydrogen (secondary N) is 1. The Morgan fingerprint density at radius 2 is 2.11 bits per heavy atom. The molecule has 0 aromatic carbocycles. The van der Waals surface area contributed by atoms with Crippen molar-refractivity contribution in [1.82, 2.24) is 15.1 Å². The molecule has 2 aliphatic rings. The number of carbonyl (C=O) groups is 1. The molecule has 1 aliphatic carbocycles. The summed E-state index contributed by atoms with van der Waals surface area (Å²) in [6.45, 7) is 8.97. The average Bonchev–Trinajstić information content (AvgIpc) is 3.21. The van der Waals surface area contributed by atoms with Crippen molar-refractivity contribution in [3.8, 4) is 0 Å². The van der Waals surface area contributed by atoms with E-state index in [1.165, 1.54) is 12.8 Å². The molecule has 1 saturated carbocycles. The standard InChI is InChI=1S/C13H25N3O2/c1-2-16(12-3-4-12)13(17)11-14-5-6-15-7-9-18-10-8-15/h12,14H,2-11H2,1H3. The van der Waals surface area contributed by atoms with Crippen LogP contribution < -0.4 is 5.32 Å². The van der Waals surface area contributed by atoms with Crippen LogP contribution in [0.3, 0.4) is 0 Å². The van der Waals surface area contributed by atoms with Crippen molar-refractivity contribution in [1.29, 1.82) is 0 Å². The fourth-order valence-electron chi connectivity index (χ4n) is 2.38. The molecule has 104 valence electrons. The van der Waals surface area contributed by atoms with Crippen molar-refractivity contribution in [3.63, 3.8) is 0 Å². The van der Waals surface area contributed by atoms with Crippen LogP contribution in [-0.4, -0.2) is 74.2 Å². The largest absolute Gasteiger partial charge is 0.379 e. The summed E-state index contributed by atoms with van der Waals surface area (Å²) in [6, 6.07) is 0.531. The van der Waals surface area contributed by atoms with Crippen molar-refractivity contribution in [2.24, 2.45) is 0 Å². The van der Waals surface area contributed by atoms with Gasteiger partial charge >= 0.3 is 0 Å². The Morgan fingerprint density at radius 1 is 1.39 bits per heavy atom. The highest BCUT2D eigenvalue weighted by atomic mass is 16.5. The monoisotopic (exact) mass is 255 g/mol. The van der Waals surface area contributed by atoms with Crippen LogP contribution in [0, 0.1) is 0 Å². The molecule has 1 N–H and O–H groups in total. The Labute approximate surface area is 109 Å². The molecule has 1 amide bonds. The molecule has 0 unspecified atom stereocenters. The van der Waals surface area contributed by atoms with Gasteiger partial charge in [0.2, 0.25) is 5.91 Å². The first-order chi connectivity index (χ1) is 8.81. The van der Waals surface area contributed by atoms with Crippen LogP contribution in [0.1, 0.15) is 19.8 Å². The molecule has 5 heteroatoms. The summed E-state index contributed by atoms with van der Waals surface area (Å²) in [4.78, 5) is 16.3. The van der Waals surface area contributed by atoms with Crippen LogP contribution in [-0.2, 0) is 9.53 Å². The summed E-state index contributed by atoms with van der Waals surface area (Å²) in [5, 5.41) is 3.26. The minimum absolute atomic E-state index is 0.252. The molecule has 0 spiro atoms. The highest BCUT2D eigenvalue weighted by Gasteiger charge is 2.30. The number of carbonyl (C=O) groups excluding carboxylic acids is 1. The van der Waals surface area contributed by atoms with Gasteiger partial charge in [-0.15, -0.1) is 0 Å². The highest BCUT2D eigenvalue weighted by molar-refractivity contribution is 5.78. The molecule has 2 rings (SSSR count). The van der Waals surface area contributed by atoms with Crippen molar-refractivity contribution >= 4 is 5.91 Å². The Bertz CT molecular complexity index is 263. The third kappa shape index (κ3) is 4.23. The third-order valence-electron chi connectivity index (χ3n) is 3.63. The van der Waals surface area contributed by atoms with E-state index in [1.54, 1.807) is 0 Å². The van der Waals surface area contributed by atoms with Gasteiger partial charge in [0.05, 0.1) is 19.8 Å². The third-order valence-corrected chi connectivity index (χ3v) is 3.63. The van der Waals surface area contributed by atoms with Crippen LogP contribution in [0.4, 0.5) is 0 Å².